The van der Waals surface area contributed by atoms with E-state index in [9.17, 15) is 22.7 Å². The maximum absolute atomic E-state index is 13.7. The molecule has 0 unspecified atom stereocenters. The lowest BCUT2D eigenvalue weighted by molar-refractivity contribution is -0.219. The number of halogens is 4. The van der Waals surface area contributed by atoms with Gasteiger partial charge >= 0.3 is 6.18 Å². The van der Waals surface area contributed by atoms with E-state index in [1.54, 1.807) is 0 Å². The molecule has 1 saturated heterocycles. The van der Waals surface area contributed by atoms with Crippen LogP contribution in [0.1, 0.15) is 5.56 Å². The standard InChI is InChI=1S/C12H13F4NO2/c13-9-4-2-1-3-7(9)11(17)6-19-10(8(11)5-18)12(14,15)16/h1-4,8,10,18H,5-6,17H2/t8-,10-,11-/m0/s1. The van der Waals surface area contributed by atoms with Crippen molar-refractivity contribution in [3.8, 4) is 0 Å². The number of aliphatic hydroxyl groups excluding tert-OH is 1. The van der Waals surface area contributed by atoms with Crippen LogP contribution in [0, 0.1) is 11.7 Å². The van der Waals surface area contributed by atoms with Crippen LogP contribution in [-0.2, 0) is 10.3 Å². The van der Waals surface area contributed by atoms with Gasteiger partial charge in [0.2, 0.25) is 0 Å². The molecule has 106 valence electrons. The van der Waals surface area contributed by atoms with Gasteiger partial charge in [-0.2, -0.15) is 13.2 Å². The second kappa shape index (κ2) is 4.73. The molecule has 1 aliphatic rings. The molecule has 1 aromatic carbocycles. The molecule has 1 aromatic rings. The number of aliphatic hydroxyl groups is 1. The van der Waals surface area contributed by atoms with E-state index in [2.05, 4.69) is 4.74 Å². The number of hydrogen-bond acceptors (Lipinski definition) is 3. The molecule has 2 rings (SSSR count). The number of benzene rings is 1. The fraction of sp³-hybridized carbons (Fsp3) is 0.500. The maximum atomic E-state index is 13.7. The van der Waals surface area contributed by atoms with Crippen LogP contribution in [0.5, 0.6) is 0 Å². The van der Waals surface area contributed by atoms with Crippen LogP contribution in [0.2, 0.25) is 0 Å². The number of hydrogen-bond donors (Lipinski definition) is 2. The molecular weight excluding hydrogens is 266 g/mol. The quantitative estimate of drug-likeness (QED) is 0.808. The third kappa shape index (κ3) is 2.33. The molecular formula is C12H13F4NO2. The van der Waals surface area contributed by atoms with Crippen LogP contribution >= 0.6 is 0 Å². The van der Waals surface area contributed by atoms with Crippen LogP contribution in [0.25, 0.3) is 0 Å². The molecule has 0 bridgehead atoms. The summed E-state index contributed by atoms with van der Waals surface area (Å²) >= 11 is 0. The van der Waals surface area contributed by atoms with Gasteiger partial charge < -0.3 is 15.6 Å². The van der Waals surface area contributed by atoms with Crippen molar-refractivity contribution in [1.29, 1.82) is 0 Å². The Bertz CT molecular complexity index is 465. The van der Waals surface area contributed by atoms with Gasteiger partial charge in [0, 0.05) is 11.5 Å². The zero-order valence-corrected chi connectivity index (χ0v) is 9.82. The molecule has 1 heterocycles. The Labute approximate surface area is 107 Å². The average molecular weight is 279 g/mol. The molecule has 3 N–H and O–H groups in total. The minimum absolute atomic E-state index is 0.0826. The molecule has 3 atom stereocenters. The van der Waals surface area contributed by atoms with E-state index in [1.165, 1.54) is 18.2 Å². The van der Waals surface area contributed by atoms with Crippen LogP contribution in [0.15, 0.2) is 24.3 Å². The lowest BCUT2D eigenvalue weighted by Gasteiger charge is -2.31. The molecule has 19 heavy (non-hydrogen) atoms. The Kier molecular flexibility index (Phi) is 3.55. The fourth-order valence-corrected chi connectivity index (χ4v) is 2.42. The summed E-state index contributed by atoms with van der Waals surface area (Å²) in [5, 5.41) is 9.21. The SMILES string of the molecule is N[C@]1(c2ccccc2F)CO[C@H](C(F)(F)F)[C@@H]1CO. The van der Waals surface area contributed by atoms with E-state index in [1.807, 2.05) is 0 Å². The van der Waals surface area contributed by atoms with E-state index in [-0.39, 0.29) is 5.56 Å². The van der Waals surface area contributed by atoms with Crippen molar-refractivity contribution in [1.82, 2.24) is 0 Å². The van der Waals surface area contributed by atoms with Crippen LogP contribution in [-0.4, -0.2) is 30.6 Å². The largest absolute Gasteiger partial charge is 0.415 e. The van der Waals surface area contributed by atoms with Crippen molar-refractivity contribution >= 4 is 0 Å². The lowest BCUT2D eigenvalue weighted by atomic mass is 9.78. The zero-order chi connectivity index (χ0) is 14.3. The molecule has 0 radical (unpaired) electrons. The Morgan fingerprint density at radius 3 is 2.53 bits per heavy atom. The summed E-state index contributed by atoms with van der Waals surface area (Å²) in [6.07, 6.45) is -6.85. The van der Waals surface area contributed by atoms with Crippen molar-refractivity contribution in [3.05, 3.63) is 35.6 Å². The first-order valence-electron chi connectivity index (χ1n) is 5.64. The van der Waals surface area contributed by atoms with Gasteiger partial charge in [-0.15, -0.1) is 0 Å². The fourth-order valence-electron chi connectivity index (χ4n) is 2.42. The predicted molar refractivity (Wildman–Crippen MR) is 58.6 cm³/mol. The second-order valence-electron chi connectivity index (χ2n) is 4.58. The first-order chi connectivity index (χ1) is 8.80. The minimum atomic E-state index is -4.65. The summed E-state index contributed by atoms with van der Waals surface area (Å²) in [7, 11) is 0. The van der Waals surface area contributed by atoms with Gasteiger partial charge in [0.15, 0.2) is 6.10 Å². The summed E-state index contributed by atoms with van der Waals surface area (Å²) in [5.41, 5.74) is 4.12. The second-order valence-corrected chi connectivity index (χ2v) is 4.58. The molecule has 0 aromatic heterocycles. The molecule has 0 spiro atoms. The van der Waals surface area contributed by atoms with E-state index >= 15 is 0 Å². The number of nitrogens with two attached hydrogens (primary N) is 1. The first kappa shape index (κ1) is 14.2. The van der Waals surface area contributed by atoms with E-state index < -0.39 is 42.8 Å². The molecule has 1 aliphatic heterocycles. The number of rotatable bonds is 2. The third-order valence-corrected chi connectivity index (χ3v) is 3.42. The Morgan fingerprint density at radius 1 is 1.37 bits per heavy atom. The van der Waals surface area contributed by atoms with Gasteiger partial charge in [-0.1, -0.05) is 18.2 Å². The van der Waals surface area contributed by atoms with Crippen molar-refractivity contribution in [2.45, 2.75) is 17.8 Å². The zero-order valence-electron chi connectivity index (χ0n) is 9.82. The number of alkyl halides is 3. The van der Waals surface area contributed by atoms with Gasteiger partial charge in [0.25, 0.3) is 0 Å². The molecule has 0 amide bonds. The van der Waals surface area contributed by atoms with Crippen molar-refractivity contribution < 1.29 is 27.4 Å². The minimum Gasteiger partial charge on any atom is -0.396 e. The van der Waals surface area contributed by atoms with Gasteiger partial charge in [0.05, 0.1) is 18.8 Å². The topological polar surface area (TPSA) is 55.5 Å². The van der Waals surface area contributed by atoms with Gasteiger partial charge in [-0.25, -0.2) is 4.39 Å². The molecule has 0 saturated carbocycles. The van der Waals surface area contributed by atoms with Crippen molar-refractivity contribution in [3.63, 3.8) is 0 Å². The molecule has 1 fully saturated rings. The highest BCUT2D eigenvalue weighted by atomic mass is 19.4. The van der Waals surface area contributed by atoms with Crippen LogP contribution in [0.3, 0.4) is 0 Å². The predicted octanol–water partition coefficient (Wildman–Crippen LogP) is 1.55. The summed E-state index contributed by atoms with van der Waals surface area (Å²) in [4.78, 5) is 0. The van der Waals surface area contributed by atoms with E-state index in [0.717, 1.165) is 6.07 Å². The third-order valence-electron chi connectivity index (χ3n) is 3.42. The summed E-state index contributed by atoms with van der Waals surface area (Å²) < 4.78 is 56.7. The Balaban J connectivity index is 2.42. The lowest BCUT2D eigenvalue weighted by Crippen LogP contribution is -2.50. The summed E-state index contributed by atoms with van der Waals surface area (Å²) in [6.45, 7) is -1.33. The molecule has 3 nitrogen and oxygen atoms in total. The van der Waals surface area contributed by atoms with E-state index in [0.29, 0.717) is 0 Å². The monoisotopic (exact) mass is 279 g/mol. The van der Waals surface area contributed by atoms with Gasteiger partial charge in [-0.05, 0) is 6.07 Å². The van der Waals surface area contributed by atoms with Crippen molar-refractivity contribution in [2.24, 2.45) is 11.7 Å². The summed E-state index contributed by atoms with van der Waals surface area (Å²) in [5.74, 6) is -2.15. The van der Waals surface area contributed by atoms with Crippen molar-refractivity contribution in [2.75, 3.05) is 13.2 Å². The van der Waals surface area contributed by atoms with Gasteiger partial charge in [-0.3, -0.25) is 0 Å². The summed E-state index contributed by atoms with van der Waals surface area (Å²) in [6, 6.07) is 5.30. The average Bonchev–Trinajstić information content (AvgIpc) is 2.67. The smallest absolute Gasteiger partial charge is 0.396 e. The van der Waals surface area contributed by atoms with E-state index in [4.69, 9.17) is 5.73 Å². The van der Waals surface area contributed by atoms with Crippen LogP contribution < -0.4 is 5.73 Å². The molecule has 7 heteroatoms. The Morgan fingerprint density at radius 2 is 2.00 bits per heavy atom. The number of ether oxygens (including phenoxy) is 1. The highest BCUT2D eigenvalue weighted by molar-refractivity contribution is 5.29. The highest BCUT2D eigenvalue weighted by Crippen LogP contribution is 2.44. The normalized spacial score (nSPS) is 31.7. The Hall–Kier alpha value is -1.18. The first-order valence-corrected chi connectivity index (χ1v) is 5.64. The maximum Gasteiger partial charge on any atom is 0.415 e. The van der Waals surface area contributed by atoms with Gasteiger partial charge in [0.1, 0.15) is 5.82 Å². The van der Waals surface area contributed by atoms with Crippen LogP contribution in [0.4, 0.5) is 17.6 Å². The highest BCUT2D eigenvalue weighted by Gasteiger charge is 2.58. The molecule has 0 aliphatic carbocycles.